The van der Waals surface area contributed by atoms with E-state index in [2.05, 4.69) is 30.8 Å². The standard InChI is InChI=1S/C23H28F4N4O.C22H26F4N4O/c1-15-13-31(14-18(15)29-20(32)12-22(24)7-10-30(2)11-8-22)19-6-5-17(23(25,26)27)21-16(19)4-3-9-28-21;1-14-12-30(13-17(14)29-19(31)11-21(23)6-9-27-10-7-21)18-5-4-16(22(24,25)26)20-15(18)3-2-8-28-20/h3-6,9,15,18H,7-8,10-14H2,1-2H3,(H,29,32);2-5,8,14,17,27H,6-7,9-13H2,1H3,(H,29,31)/t15-,18+;14-,17+/m11/s1. The molecule has 3 N–H and O–H groups in total. The number of anilines is 2. The van der Waals surface area contributed by atoms with Crippen LogP contribution in [0.5, 0.6) is 0 Å². The van der Waals surface area contributed by atoms with Crippen LogP contribution in [-0.2, 0) is 21.9 Å². The van der Waals surface area contributed by atoms with Gasteiger partial charge < -0.3 is 30.7 Å². The lowest BCUT2D eigenvalue weighted by atomic mass is 9.89. The molecule has 2 aromatic carbocycles. The van der Waals surface area contributed by atoms with Gasteiger partial charge in [-0.25, -0.2) is 8.78 Å². The highest BCUT2D eigenvalue weighted by Gasteiger charge is 2.41. The van der Waals surface area contributed by atoms with Crippen LogP contribution in [0.25, 0.3) is 21.8 Å². The Kier molecular flexibility index (Phi) is 13.4. The number of benzene rings is 2. The van der Waals surface area contributed by atoms with E-state index >= 15 is 4.39 Å². The zero-order valence-corrected chi connectivity index (χ0v) is 35.6. The number of aromatic nitrogens is 2. The van der Waals surface area contributed by atoms with Crippen LogP contribution >= 0.6 is 0 Å². The minimum absolute atomic E-state index is 0.0704. The van der Waals surface area contributed by atoms with Crippen molar-refractivity contribution in [3.8, 4) is 0 Å². The van der Waals surface area contributed by atoms with E-state index in [1.165, 1.54) is 24.5 Å². The number of fused-ring (bicyclic) bond motifs is 2. The van der Waals surface area contributed by atoms with Gasteiger partial charge in [0.15, 0.2) is 0 Å². The Hall–Kier alpha value is -4.84. The number of amides is 2. The van der Waals surface area contributed by atoms with Crippen LogP contribution in [0, 0.1) is 11.8 Å². The van der Waals surface area contributed by atoms with Crippen molar-refractivity contribution in [1.29, 1.82) is 0 Å². The van der Waals surface area contributed by atoms with Crippen molar-refractivity contribution in [1.82, 2.24) is 30.8 Å². The van der Waals surface area contributed by atoms with Gasteiger partial charge >= 0.3 is 12.4 Å². The second-order valence-corrected chi connectivity index (χ2v) is 17.9. The Balaban J connectivity index is 0.000000189. The quantitative estimate of drug-likeness (QED) is 0.155. The van der Waals surface area contributed by atoms with E-state index in [9.17, 15) is 40.3 Å². The first kappa shape index (κ1) is 46.2. The lowest BCUT2D eigenvalue weighted by Gasteiger charge is -2.34. The summed E-state index contributed by atoms with van der Waals surface area (Å²) in [5.74, 6) is -0.487. The van der Waals surface area contributed by atoms with Crippen molar-refractivity contribution >= 4 is 45.0 Å². The monoisotopic (exact) mass is 890 g/mol. The number of hydrogen-bond acceptors (Lipinski definition) is 8. The molecule has 6 heterocycles. The number of piperidine rings is 2. The predicted molar refractivity (Wildman–Crippen MR) is 226 cm³/mol. The van der Waals surface area contributed by atoms with Crippen molar-refractivity contribution in [3.63, 3.8) is 0 Å². The smallest absolute Gasteiger partial charge is 0.369 e. The molecule has 10 nitrogen and oxygen atoms in total. The summed E-state index contributed by atoms with van der Waals surface area (Å²) >= 11 is 0. The number of alkyl halides is 8. The Bertz CT molecular complexity index is 2260. The highest BCUT2D eigenvalue weighted by atomic mass is 19.4. The molecule has 4 aliphatic rings. The lowest BCUT2D eigenvalue weighted by molar-refractivity contribution is -0.137. The van der Waals surface area contributed by atoms with Crippen LogP contribution in [0.2, 0.25) is 0 Å². The summed E-state index contributed by atoms with van der Waals surface area (Å²) < 4.78 is 110. The molecule has 0 bridgehead atoms. The highest BCUT2D eigenvalue weighted by molar-refractivity contribution is 5.95. The number of likely N-dealkylation sites (tertiary alicyclic amines) is 1. The molecular weight excluding hydrogens is 837 g/mol. The third-order valence-electron chi connectivity index (χ3n) is 13.0. The van der Waals surface area contributed by atoms with Gasteiger partial charge in [-0.1, -0.05) is 13.8 Å². The summed E-state index contributed by atoms with van der Waals surface area (Å²) in [6.45, 7) is 8.39. The third kappa shape index (κ3) is 10.8. The normalized spacial score (nSPS) is 24.0. The number of rotatable bonds is 8. The van der Waals surface area contributed by atoms with Crippen molar-refractivity contribution in [2.75, 3.05) is 69.2 Å². The topological polar surface area (TPSA) is 106 Å². The van der Waals surface area contributed by atoms with Crippen molar-refractivity contribution in [2.24, 2.45) is 11.8 Å². The molecule has 0 unspecified atom stereocenters. The molecule has 2 aromatic heterocycles. The van der Waals surface area contributed by atoms with Gasteiger partial charge in [-0.05, 0) is 106 Å². The number of nitrogens with zero attached hydrogens (tertiary/aromatic N) is 5. The van der Waals surface area contributed by atoms with E-state index < -0.39 is 34.8 Å². The maximum Gasteiger partial charge on any atom is 0.418 e. The van der Waals surface area contributed by atoms with Crippen LogP contribution in [0.1, 0.15) is 63.5 Å². The van der Waals surface area contributed by atoms with E-state index in [0.717, 1.165) is 12.1 Å². The van der Waals surface area contributed by atoms with E-state index in [1.54, 1.807) is 24.3 Å². The summed E-state index contributed by atoms with van der Waals surface area (Å²) in [5, 5.41) is 9.86. The maximum atomic E-state index is 15.0. The van der Waals surface area contributed by atoms with Crippen LogP contribution in [0.3, 0.4) is 0 Å². The highest BCUT2D eigenvalue weighted by Crippen LogP contribution is 2.41. The summed E-state index contributed by atoms with van der Waals surface area (Å²) in [6, 6.07) is 11.2. The Morgan fingerprint density at radius 3 is 1.49 bits per heavy atom. The van der Waals surface area contributed by atoms with Crippen molar-refractivity contribution < 1.29 is 44.7 Å². The first-order chi connectivity index (χ1) is 29.7. The first-order valence-electron chi connectivity index (χ1n) is 21.5. The van der Waals surface area contributed by atoms with Crippen LogP contribution in [-0.4, -0.2) is 110 Å². The maximum absolute atomic E-state index is 15.0. The molecule has 4 atom stereocenters. The molecule has 2 amide bonds. The van der Waals surface area contributed by atoms with Crippen LogP contribution in [0.4, 0.5) is 46.5 Å². The number of carbonyl (C=O) groups excluding carboxylic acids is 2. The van der Waals surface area contributed by atoms with Gasteiger partial charge in [0, 0.05) is 73.8 Å². The van der Waals surface area contributed by atoms with Gasteiger partial charge in [0.2, 0.25) is 11.8 Å². The second kappa shape index (κ2) is 18.3. The molecule has 4 aliphatic heterocycles. The summed E-state index contributed by atoms with van der Waals surface area (Å²) in [7, 11) is 1.94. The number of halogens is 8. The SMILES string of the molecule is C[C@@H]1CN(c2ccc(C(F)(F)F)c3ncccc23)C[C@@H]1NC(=O)CC1(F)CCN(C)CC1.C[C@@H]1CN(c2ccc(C(F)(F)F)c3ncccc23)C[C@@H]1NC(=O)CC1(F)CCNCC1. The van der Waals surface area contributed by atoms with Crippen molar-refractivity contribution in [2.45, 2.75) is 88.1 Å². The zero-order valence-electron chi connectivity index (χ0n) is 35.6. The van der Waals surface area contributed by atoms with Gasteiger partial charge in [0.1, 0.15) is 11.3 Å². The molecule has 0 aliphatic carbocycles. The first-order valence-corrected chi connectivity index (χ1v) is 21.5. The van der Waals surface area contributed by atoms with Crippen LogP contribution in [0.15, 0.2) is 60.9 Å². The van der Waals surface area contributed by atoms with E-state index in [4.69, 9.17) is 0 Å². The third-order valence-corrected chi connectivity index (χ3v) is 13.0. The fraction of sp³-hybridized carbons (Fsp3) is 0.556. The molecule has 0 saturated carbocycles. The summed E-state index contributed by atoms with van der Waals surface area (Å²) in [4.78, 5) is 39.0. The second-order valence-electron chi connectivity index (χ2n) is 17.9. The molecule has 8 rings (SSSR count). The minimum atomic E-state index is -4.49. The Morgan fingerprint density at radius 1 is 0.667 bits per heavy atom. The number of hydrogen-bond donors (Lipinski definition) is 3. The zero-order chi connectivity index (χ0) is 45.3. The molecule has 4 aromatic rings. The van der Waals surface area contributed by atoms with Gasteiger partial charge in [-0.2, -0.15) is 26.3 Å². The summed E-state index contributed by atoms with van der Waals surface area (Å²) in [6.07, 6.45) is -5.27. The Labute approximate surface area is 361 Å². The van der Waals surface area contributed by atoms with Crippen molar-refractivity contribution in [3.05, 3.63) is 72.1 Å². The van der Waals surface area contributed by atoms with Gasteiger partial charge in [0.25, 0.3) is 0 Å². The molecular formula is C45H54F8N8O2. The van der Waals surface area contributed by atoms with Gasteiger partial charge in [-0.3, -0.25) is 19.6 Å². The van der Waals surface area contributed by atoms with Crippen LogP contribution < -0.4 is 25.8 Å². The van der Waals surface area contributed by atoms with Gasteiger partial charge in [-0.15, -0.1) is 0 Å². The van der Waals surface area contributed by atoms with E-state index in [-0.39, 0.29) is 59.6 Å². The number of pyridine rings is 2. The average Bonchev–Trinajstić information content (AvgIpc) is 3.77. The van der Waals surface area contributed by atoms with E-state index in [1.807, 2.05) is 30.7 Å². The molecule has 0 radical (unpaired) electrons. The fourth-order valence-corrected chi connectivity index (χ4v) is 9.37. The van der Waals surface area contributed by atoms with E-state index in [0.29, 0.717) is 100 Å². The Morgan fingerprint density at radius 2 is 1.08 bits per heavy atom. The number of nitrogens with one attached hydrogen (secondary N) is 3. The lowest BCUT2D eigenvalue weighted by Crippen LogP contribution is -2.46. The largest absolute Gasteiger partial charge is 0.418 e. The average molecular weight is 891 g/mol. The predicted octanol–water partition coefficient (Wildman–Crippen LogP) is 7.69. The molecule has 63 heavy (non-hydrogen) atoms. The molecule has 4 fully saturated rings. The minimum Gasteiger partial charge on any atom is -0.369 e. The number of carbonyl (C=O) groups is 2. The molecule has 0 spiro atoms. The fourth-order valence-electron chi connectivity index (χ4n) is 9.37. The molecule has 4 saturated heterocycles. The molecule has 342 valence electrons. The molecule has 18 heteroatoms. The summed E-state index contributed by atoms with van der Waals surface area (Å²) in [5.41, 5.74) is -3.35. The van der Waals surface area contributed by atoms with Gasteiger partial charge in [0.05, 0.1) is 47.1 Å².